The van der Waals surface area contributed by atoms with Gasteiger partial charge in [-0.2, -0.15) is 8.78 Å². The van der Waals surface area contributed by atoms with Crippen LogP contribution in [0.5, 0.6) is 0 Å². The summed E-state index contributed by atoms with van der Waals surface area (Å²) in [5.41, 5.74) is 0. The predicted octanol–water partition coefficient (Wildman–Crippen LogP) is 4.53. The van der Waals surface area contributed by atoms with Crippen molar-refractivity contribution in [2.24, 2.45) is 17.8 Å². The Bertz CT molecular complexity index is 334. The van der Waals surface area contributed by atoms with Gasteiger partial charge >= 0.3 is 0 Å². The number of hydrogen-bond donors (Lipinski definition) is 0. The van der Waals surface area contributed by atoms with Gasteiger partial charge in [-0.15, -0.1) is 0 Å². The minimum Gasteiger partial charge on any atom is -0.349 e. The Hall–Kier alpha value is -0.740. The van der Waals surface area contributed by atoms with Gasteiger partial charge in [0.25, 0.3) is 6.08 Å². The molecule has 1 aliphatic carbocycles. The fraction of sp³-hybridized carbons (Fsp3) is 0.750. The van der Waals surface area contributed by atoms with Crippen LogP contribution in [0, 0.1) is 17.8 Å². The van der Waals surface area contributed by atoms with Gasteiger partial charge in [0.1, 0.15) is 0 Å². The zero-order chi connectivity index (χ0) is 14.4. The monoisotopic (exact) mass is 286 g/mol. The van der Waals surface area contributed by atoms with E-state index in [0.717, 1.165) is 51.4 Å². The number of rotatable bonds is 4. The molecule has 2 aliphatic rings. The van der Waals surface area contributed by atoms with Crippen LogP contribution < -0.4 is 0 Å². The molecule has 114 valence electrons. The van der Waals surface area contributed by atoms with Gasteiger partial charge in [-0.05, 0) is 56.1 Å². The number of allylic oxidation sites excluding steroid dienone is 2. The van der Waals surface area contributed by atoms with Crippen molar-refractivity contribution in [1.29, 1.82) is 0 Å². The summed E-state index contributed by atoms with van der Waals surface area (Å²) < 4.78 is 35.9. The second-order valence-electron chi connectivity index (χ2n) is 5.76. The van der Waals surface area contributed by atoms with Gasteiger partial charge in [-0.25, -0.2) is 0 Å². The molecule has 20 heavy (non-hydrogen) atoms. The summed E-state index contributed by atoms with van der Waals surface area (Å²) in [6.45, 7) is 3.53. The Morgan fingerprint density at radius 1 is 1.05 bits per heavy atom. The molecule has 1 aliphatic heterocycles. The quantitative estimate of drug-likeness (QED) is 0.707. The lowest BCUT2D eigenvalue weighted by molar-refractivity contribution is -0.185. The minimum atomic E-state index is -1.54. The molecule has 0 N–H and O–H groups in total. The molecule has 2 fully saturated rings. The van der Waals surface area contributed by atoms with Crippen molar-refractivity contribution < 1.29 is 18.3 Å². The molecule has 2 rings (SSSR count). The summed E-state index contributed by atoms with van der Waals surface area (Å²) in [4.78, 5) is 0. The Labute approximate surface area is 119 Å². The summed E-state index contributed by atoms with van der Waals surface area (Å²) in [5.74, 6) is 1.03. The van der Waals surface area contributed by atoms with E-state index in [0.29, 0.717) is 11.8 Å². The Morgan fingerprint density at radius 2 is 1.70 bits per heavy atom. The molecule has 4 heteroatoms. The predicted molar refractivity (Wildman–Crippen MR) is 74.4 cm³/mol. The molecular formula is C16H24F2O2. The van der Waals surface area contributed by atoms with E-state index in [1.807, 2.05) is 12.2 Å². The summed E-state index contributed by atoms with van der Waals surface area (Å²) in [5, 5.41) is 0. The van der Waals surface area contributed by atoms with Crippen LogP contribution in [-0.2, 0) is 9.47 Å². The molecule has 0 unspecified atom stereocenters. The van der Waals surface area contributed by atoms with E-state index in [2.05, 4.69) is 6.92 Å². The molecule has 0 amide bonds. The van der Waals surface area contributed by atoms with Crippen LogP contribution in [0.4, 0.5) is 8.78 Å². The largest absolute Gasteiger partial charge is 0.349 e. The lowest BCUT2D eigenvalue weighted by Gasteiger charge is -2.36. The zero-order valence-electron chi connectivity index (χ0n) is 12.1. The highest BCUT2D eigenvalue weighted by molar-refractivity contribution is 4.92. The highest BCUT2D eigenvalue weighted by Gasteiger charge is 2.31. The Morgan fingerprint density at radius 3 is 2.25 bits per heavy atom. The molecule has 1 saturated carbocycles. The van der Waals surface area contributed by atoms with Crippen molar-refractivity contribution in [1.82, 2.24) is 0 Å². The van der Waals surface area contributed by atoms with Crippen LogP contribution in [0.3, 0.4) is 0 Å². The average molecular weight is 286 g/mol. The van der Waals surface area contributed by atoms with E-state index in [1.54, 1.807) is 0 Å². The number of halogens is 2. The highest BCUT2D eigenvalue weighted by Crippen LogP contribution is 2.36. The molecule has 0 aromatic heterocycles. The fourth-order valence-electron chi connectivity index (χ4n) is 3.12. The summed E-state index contributed by atoms with van der Waals surface area (Å²) in [6, 6.07) is 0. The topological polar surface area (TPSA) is 18.5 Å². The molecule has 1 heterocycles. The van der Waals surface area contributed by atoms with Crippen LogP contribution in [0.25, 0.3) is 0 Å². The maximum atomic E-state index is 12.2. The van der Waals surface area contributed by atoms with Crippen molar-refractivity contribution in [3.63, 3.8) is 0 Å². The van der Waals surface area contributed by atoms with Crippen LogP contribution in [-0.4, -0.2) is 19.5 Å². The van der Waals surface area contributed by atoms with Crippen molar-refractivity contribution in [3.05, 3.63) is 24.3 Å². The van der Waals surface area contributed by atoms with Gasteiger partial charge in [0, 0.05) is 5.92 Å². The second-order valence-corrected chi connectivity index (χ2v) is 5.76. The first kappa shape index (κ1) is 15.6. The van der Waals surface area contributed by atoms with Crippen molar-refractivity contribution in [2.75, 3.05) is 13.2 Å². The first-order chi connectivity index (χ1) is 9.69. The minimum absolute atomic E-state index is 0.0573. The van der Waals surface area contributed by atoms with Crippen LogP contribution in [0.1, 0.15) is 39.0 Å². The molecule has 0 aromatic rings. The highest BCUT2D eigenvalue weighted by atomic mass is 19.3. The third-order valence-corrected chi connectivity index (χ3v) is 4.32. The molecule has 0 radical (unpaired) electrons. The lowest BCUT2D eigenvalue weighted by Crippen LogP contribution is -2.36. The summed E-state index contributed by atoms with van der Waals surface area (Å²) >= 11 is 0. The smallest absolute Gasteiger partial charge is 0.266 e. The average Bonchev–Trinajstić information content (AvgIpc) is 2.46. The van der Waals surface area contributed by atoms with Crippen LogP contribution in [0.2, 0.25) is 0 Å². The van der Waals surface area contributed by atoms with Crippen molar-refractivity contribution in [2.45, 2.75) is 45.3 Å². The number of ether oxygens (including phenoxy) is 2. The molecule has 0 aromatic carbocycles. The maximum Gasteiger partial charge on any atom is 0.266 e. The molecular weight excluding hydrogens is 262 g/mol. The van der Waals surface area contributed by atoms with Gasteiger partial charge in [-0.1, -0.05) is 13.0 Å². The maximum absolute atomic E-state index is 12.2. The molecule has 2 nitrogen and oxygen atoms in total. The Balaban J connectivity index is 1.73. The van der Waals surface area contributed by atoms with E-state index in [1.165, 1.54) is 0 Å². The van der Waals surface area contributed by atoms with Crippen molar-refractivity contribution in [3.8, 4) is 0 Å². The van der Waals surface area contributed by atoms with Gasteiger partial charge in [-0.3, -0.25) is 0 Å². The van der Waals surface area contributed by atoms with E-state index < -0.39 is 6.08 Å². The zero-order valence-corrected chi connectivity index (χ0v) is 12.1. The lowest BCUT2D eigenvalue weighted by atomic mass is 9.76. The fourth-order valence-corrected chi connectivity index (χ4v) is 3.12. The summed E-state index contributed by atoms with van der Waals surface area (Å²) in [6.07, 6.45) is 8.09. The van der Waals surface area contributed by atoms with E-state index in [4.69, 9.17) is 9.47 Å². The van der Waals surface area contributed by atoms with E-state index in [-0.39, 0.29) is 12.2 Å². The van der Waals surface area contributed by atoms with E-state index in [9.17, 15) is 8.78 Å². The first-order valence-corrected chi connectivity index (χ1v) is 7.61. The third kappa shape index (κ3) is 4.67. The Kier molecular flexibility index (Phi) is 6.17. The van der Waals surface area contributed by atoms with Gasteiger partial charge < -0.3 is 9.47 Å². The second kappa shape index (κ2) is 7.89. The molecule has 0 bridgehead atoms. The molecule has 1 saturated heterocycles. The van der Waals surface area contributed by atoms with Crippen molar-refractivity contribution >= 4 is 0 Å². The van der Waals surface area contributed by atoms with Crippen LogP contribution in [0.15, 0.2) is 24.3 Å². The van der Waals surface area contributed by atoms with Gasteiger partial charge in [0.2, 0.25) is 0 Å². The SMILES string of the molecule is CC/C=C/C1OCC(C2CCC(C=C(F)F)CC2)CO1. The van der Waals surface area contributed by atoms with Gasteiger partial charge in [0.05, 0.1) is 13.2 Å². The molecule has 0 atom stereocenters. The van der Waals surface area contributed by atoms with Gasteiger partial charge in [0.15, 0.2) is 6.29 Å². The third-order valence-electron chi connectivity index (χ3n) is 4.32. The normalized spacial score (nSPS) is 35.1. The first-order valence-electron chi connectivity index (χ1n) is 7.61. The van der Waals surface area contributed by atoms with E-state index >= 15 is 0 Å². The number of hydrogen-bond acceptors (Lipinski definition) is 2. The molecule has 0 spiro atoms. The summed E-state index contributed by atoms with van der Waals surface area (Å²) in [7, 11) is 0. The standard InChI is InChI=1S/C16H24F2O2/c1-2-3-4-16-19-10-14(11-20-16)13-7-5-12(6-8-13)9-15(17)18/h3-4,9,12-14,16H,2,5-8,10-11H2,1H3/b4-3+. The van der Waals surface area contributed by atoms with Crippen LogP contribution >= 0.6 is 0 Å².